The lowest BCUT2D eigenvalue weighted by Crippen LogP contribution is -2.37. The van der Waals surface area contributed by atoms with Crippen LogP contribution in [0, 0.1) is 6.92 Å². The summed E-state index contributed by atoms with van der Waals surface area (Å²) >= 11 is 0. The number of nitrogens with one attached hydrogen (secondary N) is 3. The van der Waals surface area contributed by atoms with E-state index in [0.29, 0.717) is 17.7 Å². The number of hydrogen-bond acceptors (Lipinski definition) is 4. The van der Waals surface area contributed by atoms with Crippen molar-refractivity contribution in [1.82, 2.24) is 15.4 Å². The fourth-order valence-corrected chi connectivity index (χ4v) is 4.38. The van der Waals surface area contributed by atoms with Crippen LogP contribution in [0.25, 0.3) is 0 Å². The van der Waals surface area contributed by atoms with Gasteiger partial charge < -0.3 is 10.6 Å². The summed E-state index contributed by atoms with van der Waals surface area (Å²) in [5.74, 6) is -0.269. The minimum Gasteiger partial charge on any atom is -0.350 e. The highest BCUT2D eigenvalue weighted by atomic mass is 35.5. The number of carbonyl (C=O) groups is 1. The van der Waals surface area contributed by atoms with Crippen LogP contribution >= 0.6 is 12.4 Å². The van der Waals surface area contributed by atoms with Gasteiger partial charge in [-0.3, -0.25) is 4.79 Å². The van der Waals surface area contributed by atoms with Gasteiger partial charge in [0.25, 0.3) is 5.91 Å². The van der Waals surface area contributed by atoms with Crippen molar-refractivity contribution in [3.63, 3.8) is 0 Å². The first-order valence-electron chi connectivity index (χ1n) is 8.42. The molecule has 1 aliphatic rings. The minimum absolute atomic E-state index is 0. The van der Waals surface area contributed by atoms with Crippen molar-refractivity contribution in [3.05, 3.63) is 29.3 Å². The third-order valence-corrected chi connectivity index (χ3v) is 6.14. The van der Waals surface area contributed by atoms with Crippen molar-refractivity contribution < 1.29 is 13.2 Å². The number of likely N-dealkylation sites (N-methyl/N-ethyl adjacent to an activating group) is 1. The van der Waals surface area contributed by atoms with Crippen LogP contribution < -0.4 is 15.4 Å². The normalized spacial score (nSPS) is 16.3. The van der Waals surface area contributed by atoms with E-state index in [0.717, 1.165) is 25.7 Å². The molecule has 0 saturated heterocycles. The maximum Gasteiger partial charge on any atom is 0.251 e. The summed E-state index contributed by atoms with van der Waals surface area (Å²) in [6, 6.07) is 4.95. The molecule has 8 heteroatoms. The summed E-state index contributed by atoms with van der Waals surface area (Å²) in [5.41, 5.74) is 0.997. The Morgan fingerprint density at radius 2 is 1.92 bits per heavy atom. The van der Waals surface area contributed by atoms with Crippen LogP contribution in [-0.2, 0) is 10.0 Å². The molecular weight excluding hydrogens is 362 g/mol. The topological polar surface area (TPSA) is 87.3 Å². The van der Waals surface area contributed by atoms with Crippen LogP contribution in [-0.4, -0.2) is 40.0 Å². The fourth-order valence-electron chi connectivity index (χ4n) is 2.81. The van der Waals surface area contributed by atoms with Gasteiger partial charge in [0.15, 0.2) is 0 Å². The van der Waals surface area contributed by atoms with Crippen molar-refractivity contribution in [3.8, 4) is 0 Å². The third kappa shape index (κ3) is 5.95. The number of rotatable bonds is 7. The van der Waals surface area contributed by atoms with E-state index in [1.165, 1.54) is 6.07 Å². The standard InChI is InChI=1S/C17H27N3O3S.ClH/c1-12-8-9-14(17(21)19-11-13(2)18-3)10-16(12)24(22,23)20-15-6-4-5-7-15;/h8-10,13,15,18,20H,4-7,11H2,1-3H3,(H,19,21);1H. The Balaban J connectivity index is 0.00000312. The number of benzene rings is 1. The van der Waals surface area contributed by atoms with E-state index in [1.54, 1.807) is 19.1 Å². The third-order valence-electron chi connectivity index (χ3n) is 4.48. The molecule has 0 aliphatic heterocycles. The van der Waals surface area contributed by atoms with Crippen LogP contribution in [0.5, 0.6) is 0 Å². The van der Waals surface area contributed by atoms with Crippen molar-refractivity contribution in [2.45, 2.75) is 56.5 Å². The first-order chi connectivity index (χ1) is 11.3. The highest BCUT2D eigenvalue weighted by molar-refractivity contribution is 7.89. The number of amides is 1. The average Bonchev–Trinajstić information content (AvgIpc) is 3.04. The Labute approximate surface area is 156 Å². The van der Waals surface area contributed by atoms with E-state index in [4.69, 9.17) is 0 Å². The molecule has 1 unspecified atom stereocenters. The van der Waals surface area contributed by atoms with E-state index in [9.17, 15) is 13.2 Å². The van der Waals surface area contributed by atoms with E-state index in [2.05, 4.69) is 15.4 Å². The molecule has 2 rings (SSSR count). The Morgan fingerprint density at radius 3 is 2.52 bits per heavy atom. The SMILES string of the molecule is CNC(C)CNC(=O)c1ccc(C)c(S(=O)(=O)NC2CCCC2)c1.Cl. The zero-order valence-electron chi connectivity index (χ0n) is 15.0. The monoisotopic (exact) mass is 389 g/mol. The first-order valence-corrected chi connectivity index (χ1v) is 9.90. The predicted octanol–water partition coefficient (Wildman–Crippen LogP) is 1.98. The number of carbonyl (C=O) groups excluding carboxylic acids is 1. The molecule has 0 aromatic heterocycles. The average molecular weight is 390 g/mol. The molecule has 1 fully saturated rings. The summed E-state index contributed by atoms with van der Waals surface area (Å²) in [4.78, 5) is 12.4. The van der Waals surface area contributed by atoms with Gasteiger partial charge in [0.1, 0.15) is 0 Å². The van der Waals surface area contributed by atoms with Gasteiger partial charge in [-0.05, 0) is 51.4 Å². The lowest BCUT2D eigenvalue weighted by Gasteiger charge is -2.15. The highest BCUT2D eigenvalue weighted by Crippen LogP contribution is 2.22. The molecule has 25 heavy (non-hydrogen) atoms. The Morgan fingerprint density at radius 1 is 1.28 bits per heavy atom. The second-order valence-electron chi connectivity index (χ2n) is 6.48. The van der Waals surface area contributed by atoms with Crippen LogP contribution in [0.15, 0.2) is 23.1 Å². The van der Waals surface area contributed by atoms with E-state index in [1.807, 2.05) is 14.0 Å². The van der Waals surface area contributed by atoms with Gasteiger partial charge >= 0.3 is 0 Å². The molecule has 142 valence electrons. The van der Waals surface area contributed by atoms with E-state index in [-0.39, 0.29) is 35.3 Å². The molecule has 0 heterocycles. The molecule has 6 nitrogen and oxygen atoms in total. The smallest absolute Gasteiger partial charge is 0.251 e. The Hall–Kier alpha value is -1.15. The van der Waals surface area contributed by atoms with Gasteiger partial charge in [0, 0.05) is 24.2 Å². The van der Waals surface area contributed by atoms with Crippen LogP contribution in [0.2, 0.25) is 0 Å². The predicted molar refractivity (Wildman–Crippen MR) is 102 cm³/mol. The van der Waals surface area contributed by atoms with Gasteiger partial charge in [-0.2, -0.15) is 0 Å². The van der Waals surface area contributed by atoms with Crippen molar-refractivity contribution in [2.75, 3.05) is 13.6 Å². The molecule has 1 aromatic carbocycles. The number of aryl methyl sites for hydroxylation is 1. The molecule has 0 spiro atoms. The molecule has 1 aromatic rings. The minimum atomic E-state index is -3.61. The van der Waals surface area contributed by atoms with Gasteiger partial charge in [-0.25, -0.2) is 13.1 Å². The molecule has 1 atom stereocenters. The van der Waals surface area contributed by atoms with Crippen LogP contribution in [0.1, 0.15) is 48.5 Å². The lowest BCUT2D eigenvalue weighted by molar-refractivity contribution is 0.0950. The Bertz CT molecular complexity index is 688. The number of halogens is 1. The molecule has 1 saturated carbocycles. The molecule has 0 radical (unpaired) electrons. The van der Waals surface area contributed by atoms with E-state index < -0.39 is 10.0 Å². The van der Waals surface area contributed by atoms with E-state index >= 15 is 0 Å². The Kier molecular flexibility index (Phi) is 8.34. The zero-order valence-corrected chi connectivity index (χ0v) is 16.6. The molecular formula is C17H28ClN3O3S. The first kappa shape index (κ1) is 21.9. The summed E-state index contributed by atoms with van der Waals surface area (Å²) in [6.07, 6.45) is 3.86. The zero-order chi connectivity index (χ0) is 17.7. The van der Waals surface area contributed by atoms with Gasteiger partial charge in [0.2, 0.25) is 10.0 Å². The van der Waals surface area contributed by atoms with Crippen molar-refractivity contribution >= 4 is 28.3 Å². The number of hydrogen-bond donors (Lipinski definition) is 3. The molecule has 1 amide bonds. The van der Waals surface area contributed by atoms with Gasteiger partial charge in [-0.1, -0.05) is 18.9 Å². The lowest BCUT2D eigenvalue weighted by atomic mass is 10.1. The summed E-state index contributed by atoms with van der Waals surface area (Å²) in [7, 11) is -1.79. The summed E-state index contributed by atoms with van der Waals surface area (Å²) in [6.45, 7) is 4.18. The maximum atomic E-state index is 12.6. The fraction of sp³-hybridized carbons (Fsp3) is 0.588. The number of sulfonamides is 1. The molecule has 1 aliphatic carbocycles. The second kappa shape index (κ2) is 9.52. The van der Waals surface area contributed by atoms with Crippen molar-refractivity contribution in [2.24, 2.45) is 0 Å². The van der Waals surface area contributed by atoms with Gasteiger partial charge in [-0.15, -0.1) is 12.4 Å². The molecule has 3 N–H and O–H groups in total. The van der Waals surface area contributed by atoms with Crippen LogP contribution in [0.4, 0.5) is 0 Å². The highest BCUT2D eigenvalue weighted by Gasteiger charge is 2.25. The summed E-state index contributed by atoms with van der Waals surface area (Å²) in [5, 5.41) is 5.84. The summed E-state index contributed by atoms with van der Waals surface area (Å²) < 4.78 is 28.1. The van der Waals surface area contributed by atoms with Crippen LogP contribution in [0.3, 0.4) is 0 Å². The molecule has 0 bridgehead atoms. The van der Waals surface area contributed by atoms with Gasteiger partial charge in [0.05, 0.1) is 4.90 Å². The maximum absolute atomic E-state index is 12.6. The quantitative estimate of drug-likeness (QED) is 0.665. The largest absolute Gasteiger partial charge is 0.350 e. The second-order valence-corrected chi connectivity index (χ2v) is 8.17. The van der Waals surface area contributed by atoms with Crippen molar-refractivity contribution in [1.29, 1.82) is 0 Å².